The molecule has 0 spiro atoms. The Morgan fingerprint density at radius 3 is 2.29 bits per heavy atom. The molecule has 1 aromatic heterocycles. The van der Waals surface area contributed by atoms with Crippen LogP contribution in [0.1, 0.15) is 11.3 Å². The van der Waals surface area contributed by atoms with E-state index >= 15 is 0 Å². The lowest BCUT2D eigenvalue weighted by atomic mass is 10.2. The highest BCUT2D eigenvalue weighted by Crippen LogP contribution is 2.20. The van der Waals surface area contributed by atoms with Crippen molar-refractivity contribution >= 4 is 25.7 Å². The Morgan fingerprint density at radius 1 is 0.893 bits per heavy atom. The molecule has 0 bridgehead atoms. The van der Waals surface area contributed by atoms with E-state index in [1.54, 1.807) is 12.1 Å². The Hall–Kier alpha value is -3.13. The van der Waals surface area contributed by atoms with Gasteiger partial charge in [-0.3, -0.25) is 4.72 Å². The van der Waals surface area contributed by atoms with Crippen LogP contribution in [0.25, 0.3) is 0 Å². The Bertz CT molecular complexity index is 1210. The van der Waals surface area contributed by atoms with Crippen molar-refractivity contribution < 1.29 is 21.3 Å². The minimum absolute atomic E-state index is 0.0312. The standard InChI is InChI=1S/C18H15N3O5S2/c19-12-14-6-8-17(9-7-14)28(24,25)21-15-3-1-5-18(11-15)27(22,23)20-13-16-4-2-10-26-16/h1-11,20-21H,13H2. The van der Waals surface area contributed by atoms with Crippen molar-refractivity contribution in [1.29, 1.82) is 5.26 Å². The summed E-state index contributed by atoms with van der Waals surface area (Å²) in [5.74, 6) is 0.446. The zero-order valence-corrected chi connectivity index (χ0v) is 16.0. The predicted octanol–water partition coefficient (Wildman–Crippen LogP) is 2.43. The van der Waals surface area contributed by atoms with Crippen LogP contribution in [0.5, 0.6) is 0 Å². The summed E-state index contributed by atoms with van der Waals surface area (Å²) in [7, 11) is -7.81. The van der Waals surface area contributed by atoms with Gasteiger partial charge < -0.3 is 4.42 Å². The number of nitriles is 1. The van der Waals surface area contributed by atoms with Gasteiger partial charge in [0.05, 0.1) is 39.9 Å². The quantitative estimate of drug-likeness (QED) is 0.607. The summed E-state index contributed by atoms with van der Waals surface area (Å²) >= 11 is 0. The molecule has 2 aromatic carbocycles. The van der Waals surface area contributed by atoms with E-state index in [9.17, 15) is 16.8 Å². The SMILES string of the molecule is N#Cc1ccc(S(=O)(=O)Nc2cccc(S(=O)(=O)NCc3ccco3)c2)cc1. The molecule has 0 saturated carbocycles. The van der Waals surface area contributed by atoms with Gasteiger partial charge in [-0.05, 0) is 54.6 Å². The Labute approximate surface area is 162 Å². The first kappa shape index (κ1) is 19.6. The van der Waals surface area contributed by atoms with Crippen LogP contribution in [-0.4, -0.2) is 16.8 Å². The molecule has 0 aliphatic rings. The van der Waals surface area contributed by atoms with E-state index in [1.807, 2.05) is 6.07 Å². The van der Waals surface area contributed by atoms with Gasteiger partial charge in [0.1, 0.15) is 5.76 Å². The first-order valence-electron chi connectivity index (χ1n) is 7.95. The molecular formula is C18H15N3O5S2. The molecule has 10 heteroatoms. The maximum atomic E-state index is 12.5. The van der Waals surface area contributed by atoms with Crippen LogP contribution in [-0.2, 0) is 26.6 Å². The predicted molar refractivity (Wildman–Crippen MR) is 101 cm³/mol. The van der Waals surface area contributed by atoms with Crippen LogP contribution in [0.15, 0.2) is 81.1 Å². The molecular weight excluding hydrogens is 402 g/mol. The molecule has 28 heavy (non-hydrogen) atoms. The van der Waals surface area contributed by atoms with Crippen LogP contribution in [0.4, 0.5) is 5.69 Å². The smallest absolute Gasteiger partial charge is 0.261 e. The van der Waals surface area contributed by atoms with E-state index in [1.165, 1.54) is 54.8 Å². The molecule has 0 unspecified atom stereocenters. The van der Waals surface area contributed by atoms with Gasteiger partial charge in [-0.25, -0.2) is 21.6 Å². The highest BCUT2D eigenvalue weighted by molar-refractivity contribution is 7.92. The lowest BCUT2D eigenvalue weighted by molar-refractivity contribution is 0.498. The summed E-state index contributed by atoms with van der Waals surface area (Å²) in [6, 6.07) is 16.0. The zero-order valence-electron chi connectivity index (χ0n) is 14.4. The molecule has 0 radical (unpaired) electrons. The molecule has 0 atom stereocenters. The molecule has 3 aromatic rings. The van der Waals surface area contributed by atoms with Crippen molar-refractivity contribution in [2.24, 2.45) is 0 Å². The van der Waals surface area contributed by atoms with E-state index in [4.69, 9.17) is 9.68 Å². The fourth-order valence-electron chi connectivity index (χ4n) is 2.31. The molecule has 1 heterocycles. The highest BCUT2D eigenvalue weighted by Gasteiger charge is 2.18. The van der Waals surface area contributed by atoms with Gasteiger partial charge in [-0.15, -0.1) is 0 Å². The molecule has 3 rings (SSSR count). The lowest BCUT2D eigenvalue weighted by Crippen LogP contribution is -2.23. The van der Waals surface area contributed by atoms with E-state index < -0.39 is 20.0 Å². The highest BCUT2D eigenvalue weighted by atomic mass is 32.2. The second-order valence-corrected chi connectivity index (χ2v) is 9.12. The Morgan fingerprint density at radius 2 is 1.64 bits per heavy atom. The van der Waals surface area contributed by atoms with E-state index in [0.29, 0.717) is 11.3 Å². The third-order valence-corrected chi connectivity index (χ3v) is 6.50. The molecule has 0 fully saturated rings. The fourth-order valence-corrected chi connectivity index (χ4v) is 4.40. The van der Waals surface area contributed by atoms with Gasteiger partial charge in [0.2, 0.25) is 10.0 Å². The summed E-state index contributed by atoms with van der Waals surface area (Å²) in [4.78, 5) is -0.144. The lowest BCUT2D eigenvalue weighted by Gasteiger charge is -2.10. The van der Waals surface area contributed by atoms with Crippen molar-refractivity contribution in [3.8, 4) is 6.07 Å². The number of sulfonamides is 2. The number of anilines is 1. The number of furan rings is 1. The maximum absolute atomic E-state index is 12.5. The number of benzene rings is 2. The third kappa shape index (κ3) is 4.58. The third-order valence-electron chi connectivity index (χ3n) is 3.71. The largest absolute Gasteiger partial charge is 0.468 e. The van der Waals surface area contributed by atoms with Gasteiger partial charge in [0, 0.05) is 0 Å². The van der Waals surface area contributed by atoms with Crippen molar-refractivity contribution in [2.45, 2.75) is 16.3 Å². The molecule has 2 N–H and O–H groups in total. The summed E-state index contributed by atoms with van der Waals surface area (Å²) in [6.07, 6.45) is 1.43. The summed E-state index contributed by atoms with van der Waals surface area (Å²) < 4.78 is 59.6. The van der Waals surface area contributed by atoms with Gasteiger partial charge >= 0.3 is 0 Å². The van der Waals surface area contributed by atoms with E-state index in [0.717, 1.165) is 0 Å². The van der Waals surface area contributed by atoms with Gasteiger partial charge in [0.25, 0.3) is 10.0 Å². The first-order chi connectivity index (χ1) is 13.3. The molecule has 0 saturated heterocycles. The molecule has 8 nitrogen and oxygen atoms in total. The Kier molecular flexibility index (Phi) is 5.51. The molecule has 0 aliphatic heterocycles. The van der Waals surface area contributed by atoms with E-state index in [2.05, 4.69) is 9.44 Å². The van der Waals surface area contributed by atoms with Crippen molar-refractivity contribution in [3.63, 3.8) is 0 Å². The number of rotatable bonds is 7. The summed E-state index contributed by atoms with van der Waals surface area (Å²) in [5.41, 5.74) is 0.417. The van der Waals surface area contributed by atoms with Gasteiger partial charge in [0.15, 0.2) is 0 Å². The van der Waals surface area contributed by atoms with E-state index in [-0.39, 0.29) is 22.0 Å². The average molecular weight is 417 g/mol. The first-order valence-corrected chi connectivity index (χ1v) is 10.9. The minimum atomic E-state index is -3.94. The zero-order chi connectivity index (χ0) is 20.2. The molecule has 0 amide bonds. The van der Waals surface area contributed by atoms with Crippen LogP contribution >= 0.6 is 0 Å². The summed E-state index contributed by atoms with van der Waals surface area (Å²) in [5, 5.41) is 8.79. The van der Waals surface area contributed by atoms with Crippen molar-refractivity contribution in [2.75, 3.05) is 4.72 Å². The van der Waals surface area contributed by atoms with Crippen LogP contribution in [0.3, 0.4) is 0 Å². The molecule has 0 aliphatic carbocycles. The van der Waals surface area contributed by atoms with Crippen LogP contribution < -0.4 is 9.44 Å². The molecule has 144 valence electrons. The summed E-state index contributed by atoms with van der Waals surface area (Å²) in [6.45, 7) is -0.0312. The van der Waals surface area contributed by atoms with Crippen molar-refractivity contribution in [1.82, 2.24) is 4.72 Å². The van der Waals surface area contributed by atoms with Crippen LogP contribution in [0, 0.1) is 11.3 Å². The number of hydrogen-bond donors (Lipinski definition) is 2. The average Bonchev–Trinajstić information content (AvgIpc) is 3.20. The number of nitrogens with zero attached hydrogens (tertiary/aromatic N) is 1. The fraction of sp³-hybridized carbons (Fsp3) is 0.0556. The second-order valence-electron chi connectivity index (χ2n) is 5.67. The number of nitrogens with one attached hydrogen (secondary N) is 2. The normalized spacial score (nSPS) is 11.7. The maximum Gasteiger partial charge on any atom is 0.261 e. The van der Waals surface area contributed by atoms with Gasteiger partial charge in [-0.1, -0.05) is 6.07 Å². The van der Waals surface area contributed by atoms with Gasteiger partial charge in [-0.2, -0.15) is 5.26 Å². The monoisotopic (exact) mass is 417 g/mol. The Balaban J connectivity index is 1.79. The van der Waals surface area contributed by atoms with Crippen LogP contribution in [0.2, 0.25) is 0 Å². The number of hydrogen-bond acceptors (Lipinski definition) is 6. The second kappa shape index (κ2) is 7.85. The topological polar surface area (TPSA) is 129 Å². The van der Waals surface area contributed by atoms with Crippen molar-refractivity contribution in [3.05, 3.63) is 78.3 Å². The minimum Gasteiger partial charge on any atom is -0.468 e.